The molecular formula is C26H30N3O3+. The van der Waals surface area contributed by atoms with Crippen molar-refractivity contribution >= 4 is 17.7 Å². The minimum atomic E-state index is -0.438. The summed E-state index contributed by atoms with van der Waals surface area (Å²) in [5, 5.41) is 0. The van der Waals surface area contributed by atoms with Crippen LogP contribution >= 0.6 is 0 Å². The third kappa shape index (κ3) is 4.23. The topological polar surface area (TPSA) is 80.5 Å². The molecule has 0 aromatic heterocycles. The van der Waals surface area contributed by atoms with E-state index in [1.54, 1.807) is 0 Å². The van der Waals surface area contributed by atoms with Gasteiger partial charge in [0, 0.05) is 11.8 Å². The number of fused-ring (bicyclic) bond motifs is 1. The van der Waals surface area contributed by atoms with E-state index in [1.807, 2.05) is 74.8 Å². The second kappa shape index (κ2) is 8.71. The first-order valence-corrected chi connectivity index (χ1v) is 11.0. The molecule has 0 radical (unpaired) electrons. The number of rotatable bonds is 7. The summed E-state index contributed by atoms with van der Waals surface area (Å²) in [6.07, 6.45) is 4.19. The molecule has 4 rings (SSSR count). The molecule has 6 nitrogen and oxygen atoms in total. The number of allylic oxidation sites excluding steroid dienone is 2. The van der Waals surface area contributed by atoms with Gasteiger partial charge in [0.2, 0.25) is 11.8 Å². The van der Waals surface area contributed by atoms with Gasteiger partial charge in [-0.1, -0.05) is 72.8 Å². The summed E-state index contributed by atoms with van der Waals surface area (Å²) < 4.78 is 0.324. The van der Waals surface area contributed by atoms with E-state index in [2.05, 4.69) is 12.2 Å². The Morgan fingerprint density at radius 1 is 0.844 bits per heavy atom. The molecule has 0 spiro atoms. The van der Waals surface area contributed by atoms with Gasteiger partial charge in [-0.05, 0) is 11.1 Å². The number of primary amides is 1. The number of nitrogens with zero attached hydrogens (tertiary/aromatic N) is 2. The number of hydrogen-bond donors (Lipinski definition) is 1. The van der Waals surface area contributed by atoms with Crippen LogP contribution in [0.1, 0.15) is 23.0 Å². The number of benzene rings is 2. The van der Waals surface area contributed by atoms with E-state index in [0.717, 1.165) is 11.1 Å². The van der Waals surface area contributed by atoms with E-state index >= 15 is 0 Å². The van der Waals surface area contributed by atoms with Gasteiger partial charge in [-0.3, -0.25) is 19.3 Å². The van der Waals surface area contributed by atoms with Crippen LogP contribution in [-0.4, -0.2) is 60.8 Å². The average molecular weight is 433 g/mol. The molecule has 2 N–H and O–H groups in total. The molecule has 1 saturated heterocycles. The summed E-state index contributed by atoms with van der Waals surface area (Å²) in [6.45, 7) is 0.900. The van der Waals surface area contributed by atoms with Crippen LogP contribution in [0.3, 0.4) is 0 Å². The lowest BCUT2D eigenvalue weighted by Gasteiger charge is -2.32. The molecule has 166 valence electrons. The van der Waals surface area contributed by atoms with Crippen LogP contribution in [0.5, 0.6) is 0 Å². The molecular weight excluding hydrogens is 402 g/mol. The van der Waals surface area contributed by atoms with Crippen LogP contribution in [0.2, 0.25) is 0 Å². The van der Waals surface area contributed by atoms with Gasteiger partial charge in [0.15, 0.2) is 6.54 Å². The van der Waals surface area contributed by atoms with E-state index in [4.69, 9.17) is 5.73 Å². The molecule has 32 heavy (non-hydrogen) atoms. The molecule has 2 aromatic rings. The second-order valence-electron chi connectivity index (χ2n) is 9.42. The van der Waals surface area contributed by atoms with Crippen molar-refractivity contribution in [2.75, 3.05) is 33.7 Å². The van der Waals surface area contributed by atoms with Gasteiger partial charge in [0.25, 0.3) is 5.91 Å². The Balaban J connectivity index is 1.67. The highest BCUT2D eigenvalue weighted by Crippen LogP contribution is 2.49. The first kappa shape index (κ1) is 22.0. The lowest BCUT2D eigenvalue weighted by Crippen LogP contribution is -2.50. The van der Waals surface area contributed by atoms with E-state index < -0.39 is 17.7 Å². The second-order valence-corrected chi connectivity index (χ2v) is 9.42. The Morgan fingerprint density at radius 3 is 1.69 bits per heavy atom. The lowest BCUT2D eigenvalue weighted by atomic mass is 9.68. The Labute approximate surface area is 188 Å². The number of likely N-dealkylation sites (tertiary alicyclic amines) is 1. The molecule has 1 fully saturated rings. The van der Waals surface area contributed by atoms with Crippen molar-refractivity contribution in [3.05, 3.63) is 83.9 Å². The summed E-state index contributed by atoms with van der Waals surface area (Å²) in [4.78, 5) is 40.1. The predicted octanol–water partition coefficient (Wildman–Crippen LogP) is 2.29. The van der Waals surface area contributed by atoms with Crippen molar-refractivity contribution < 1.29 is 18.9 Å². The number of carbonyl (C=O) groups is 3. The summed E-state index contributed by atoms with van der Waals surface area (Å²) in [5.74, 6) is -1.82. The van der Waals surface area contributed by atoms with Gasteiger partial charge in [-0.15, -0.1) is 0 Å². The van der Waals surface area contributed by atoms with Crippen LogP contribution in [0, 0.1) is 11.8 Å². The summed E-state index contributed by atoms with van der Waals surface area (Å²) in [7, 11) is 3.76. The summed E-state index contributed by atoms with van der Waals surface area (Å²) in [6, 6.07) is 19.8. The zero-order chi connectivity index (χ0) is 22.9. The fraction of sp³-hybridized carbons (Fsp3) is 0.346. The number of likely N-dealkylation sites (N-methyl/N-ethyl adjacent to an activating group) is 1. The van der Waals surface area contributed by atoms with Crippen molar-refractivity contribution in [1.82, 2.24) is 4.90 Å². The normalized spacial score (nSPS) is 25.1. The zero-order valence-corrected chi connectivity index (χ0v) is 18.6. The van der Waals surface area contributed by atoms with E-state index in [0.29, 0.717) is 11.0 Å². The molecule has 1 aliphatic heterocycles. The largest absolute Gasteiger partial charge is 0.365 e. The molecule has 6 heteroatoms. The maximum atomic E-state index is 13.6. The number of hydrogen-bond acceptors (Lipinski definition) is 3. The van der Waals surface area contributed by atoms with Crippen LogP contribution < -0.4 is 5.73 Å². The number of amides is 3. The minimum absolute atomic E-state index is 0.127. The number of carbonyl (C=O) groups excluding carboxylic acids is 3. The molecule has 0 saturated carbocycles. The van der Waals surface area contributed by atoms with Gasteiger partial charge in [0.05, 0.1) is 39.0 Å². The Bertz CT molecular complexity index is 965. The van der Waals surface area contributed by atoms with Crippen molar-refractivity contribution in [3.63, 3.8) is 0 Å². The van der Waals surface area contributed by atoms with Crippen LogP contribution in [-0.2, 0) is 14.4 Å². The SMILES string of the molecule is C[N+](C)(CCN1C(=O)C2C(c3ccccc3)C=CC(c3ccccc3)C2C1=O)CC(N)=O. The molecule has 0 bridgehead atoms. The van der Waals surface area contributed by atoms with Gasteiger partial charge in [-0.2, -0.15) is 0 Å². The Morgan fingerprint density at radius 2 is 1.28 bits per heavy atom. The number of imide groups is 1. The first-order valence-electron chi connectivity index (χ1n) is 11.0. The fourth-order valence-electron chi connectivity index (χ4n) is 5.09. The maximum absolute atomic E-state index is 13.6. The molecule has 2 aliphatic rings. The smallest absolute Gasteiger partial charge is 0.272 e. The highest BCUT2D eigenvalue weighted by atomic mass is 16.2. The van der Waals surface area contributed by atoms with Crippen molar-refractivity contribution in [3.8, 4) is 0 Å². The standard InChI is InChI=1S/C26H29N3O3/c1-29(2,17-22(27)30)16-15-28-25(31)23-20(18-9-5-3-6-10-18)13-14-21(24(23)26(28)32)19-11-7-4-8-12-19/h3-14,20-21,23-24H,15-17H2,1-2H3,(H-,27,30)/p+1. The summed E-state index contributed by atoms with van der Waals surface area (Å²) >= 11 is 0. The van der Waals surface area contributed by atoms with Crippen molar-refractivity contribution in [2.24, 2.45) is 17.6 Å². The molecule has 4 unspecified atom stereocenters. The van der Waals surface area contributed by atoms with Crippen LogP contribution in [0.25, 0.3) is 0 Å². The third-order valence-electron chi connectivity index (χ3n) is 6.67. The predicted molar refractivity (Wildman–Crippen MR) is 122 cm³/mol. The molecule has 2 aromatic carbocycles. The third-order valence-corrected chi connectivity index (χ3v) is 6.67. The number of nitrogens with two attached hydrogens (primary N) is 1. The van der Waals surface area contributed by atoms with Gasteiger partial charge in [-0.25, -0.2) is 0 Å². The van der Waals surface area contributed by atoms with Crippen LogP contribution in [0.15, 0.2) is 72.8 Å². The average Bonchev–Trinajstić information content (AvgIpc) is 3.02. The number of quaternary nitrogens is 1. The molecule has 4 atom stereocenters. The Hall–Kier alpha value is -3.25. The molecule has 3 amide bonds. The highest BCUT2D eigenvalue weighted by Gasteiger charge is 2.55. The maximum Gasteiger partial charge on any atom is 0.272 e. The lowest BCUT2D eigenvalue weighted by molar-refractivity contribution is -0.881. The fourth-order valence-corrected chi connectivity index (χ4v) is 5.09. The van der Waals surface area contributed by atoms with Gasteiger partial charge < -0.3 is 10.2 Å². The Kier molecular flexibility index (Phi) is 5.98. The quantitative estimate of drug-likeness (QED) is 0.414. The first-order chi connectivity index (χ1) is 15.3. The van der Waals surface area contributed by atoms with Crippen molar-refractivity contribution in [1.29, 1.82) is 0 Å². The van der Waals surface area contributed by atoms with Crippen LogP contribution in [0.4, 0.5) is 0 Å². The van der Waals surface area contributed by atoms with Gasteiger partial charge >= 0.3 is 0 Å². The summed E-state index contributed by atoms with van der Waals surface area (Å²) in [5.41, 5.74) is 7.45. The van der Waals surface area contributed by atoms with E-state index in [1.165, 1.54) is 4.90 Å². The monoisotopic (exact) mass is 432 g/mol. The van der Waals surface area contributed by atoms with Crippen molar-refractivity contribution in [2.45, 2.75) is 11.8 Å². The highest BCUT2D eigenvalue weighted by molar-refractivity contribution is 6.06. The van der Waals surface area contributed by atoms with Gasteiger partial charge in [0.1, 0.15) is 0 Å². The minimum Gasteiger partial charge on any atom is -0.365 e. The molecule has 1 aliphatic carbocycles. The van der Waals surface area contributed by atoms with E-state index in [-0.39, 0.29) is 36.7 Å². The van der Waals surface area contributed by atoms with E-state index in [9.17, 15) is 14.4 Å². The zero-order valence-electron chi connectivity index (χ0n) is 18.6. The molecule has 1 heterocycles.